The van der Waals surface area contributed by atoms with Gasteiger partial charge in [-0.3, -0.25) is 4.79 Å². The van der Waals surface area contributed by atoms with Crippen molar-refractivity contribution in [1.82, 2.24) is 9.47 Å². The summed E-state index contributed by atoms with van der Waals surface area (Å²) in [6.07, 6.45) is 0. The number of aryl methyl sites for hydroxylation is 1. The Bertz CT molecular complexity index is 1370. The van der Waals surface area contributed by atoms with Crippen molar-refractivity contribution in [2.75, 3.05) is 43.4 Å². The molecular weight excluding hydrogens is 427 g/mol. The molecule has 34 heavy (non-hydrogen) atoms. The molecule has 0 bridgehead atoms. The number of nitrogens with zero attached hydrogens (tertiary/aromatic N) is 3. The quantitative estimate of drug-likeness (QED) is 0.459. The molecule has 1 aliphatic heterocycles. The van der Waals surface area contributed by atoms with Gasteiger partial charge in [0.25, 0.3) is 5.56 Å². The fraction of sp³-hybridized carbons (Fsp3) is 0.250. The number of benzene rings is 3. The lowest BCUT2D eigenvalue weighted by molar-refractivity contribution is 0.313. The van der Waals surface area contributed by atoms with E-state index in [1.807, 2.05) is 31.2 Å². The molecular formula is C28H29FN4O. The van der Waals surface area contributed by atoms with Crippen molar-refractivity contribution in [2.24, 2.45) is 0 Å². The smallest absolute Gasteiger partial charge is 0.251 e. The second-order valence-electron chi connectivity index (χ2n) is 9.06. The van der Waals surface area contributed by atoms with E-state index in [1.54, 1.807) is 16.7 Å². The molecule has 4 aromatic rings. The molecule has 1 saturated heterocycles. The predicted molar refractivity (Wildman–Crippen MR) is 138 cm³/mol. The zero-order valence-electron chi connectivity index (χ0n) is 19.6. The SMILES string of the molecule is Cc1ccc(F)cc1Cn1c(=O)ccc2ccc(Nc3ccc(N4CCN(C)CC4)cc3)cc21. The average Bonchev–Trinajstić information content (AvgIpc) is 2.84. The average molecular weight is 457 g/mol. The van der Waals surface area contributed by atoms with Crippen LogP contribution in [-0.4, -0.2) is 42.7 Å². The first-order valence-corrected chi connectivity index (χ1v) is 11.7. The number of nitrogens with one attached hydrogen (secondary N) is 1. The maximum atomic E-state index is 13.8. The highest BCUT2D eigenvalue weighted by Crippen LogP contribution is 2.25. The van der Waals surface area contributed by atoms with Gasteiger partial charge in [0, 0.05) is 49.3 Å². The van der Waals surface area contributed by atoms with Gasteiger partial charge in [-0.1, -0.05) is 12.1 Å². The summed E-state index contributed by atoms with van der Waals surface area (Å²) in [5, 5.41) is 4.42. The Kier molecular flexibility index (Phi) is 6.07. The van der Waals surface area contributed by atoms with E-state index < -0.39 is 0 Å². The van der Waals surface area contributed by atoms with Gasteiger partial charge in [0.2, 0.25) is 0 Å². The van der Waals surface area contributed by atoms with Crippen LogP contribution >= 0.6 is 0 Å². The van der Waals surface area contributed by atoms with Crippen LogP contribution in [0.1, 0.15) is 11.1 Å². The number of piperazine rings is 1. The highest BCUT2D eigenvalue weighted by molar-refractivity contribution is 5.84. The third-order valence-corrected chi connectivity index (χ3v) is 6.66. The Morgan fingerprint density at radius 2 is 1.56 bits per heavy atom. The van der Waals surface area contributed by atoms with Crippen molar-refractivity contribution in [2.45, 2.75) is 13.5 Å². The normalized spacial score (nSPS) is 14.5. The molecule has 0 unspecified atom stereocenters. The van der Waals surface area contributed by atoms with Gasteiger partial charge in [0.15, 0.2) is 0 Å². The van der Waals surface area contributed by atoms with Gasteiger partial charge in [-0.05, 0) is 85.1 Å². The van der Waals surface area contributed by atoms with Gasteiger partial charge in [-0.2, -0.15) is 0 Å². The van der Waals surface area contributed by atoms with Crippen LogP contribution in [0.3, 0.4) is 0 Å². The van der Waals surface area contributed by atoms with Gasteiger partial charge in [0.05, 0.1) is 12.1 Å². The third kappa shape index (κ3) is 4.68. The Morgan fingerprint density at radius 1 is 0.853 bits per heavy atom. The molecule has 0 atom stereocenters. The Labute approximate surface area is 199 Å². The molecule has 6 heteroatoms. The minimum absolute atomic E-state index is 0.107. The number of halogens is 1. The molecule has 0 spiro atoms. The van der Waals surface area contributed by atoms with E-state index in [2.05, 4.69) is 46.4 Å². The van der Waals surface area contributed by atoms with Crippen molar-refractivity contribution in [3.63, 3.8) is 0 Å². The number of aromatic nitrogens is 1. The second kappa shape index (κ2) is 9.31. The first-order valence-electron chi connectivity index (χ1n) is 11.7. The molecule has 0 amide bonds. The molecule has 1 fully saturated rings. The highest BCUT2D eigenvalue weighted by atomic mass is 19.1. The molecule has 0 saturated carbocycles. The predicted octanol–water partition coefficient (Wildman–Crippen LogP) is 4.99. The van der Waals surface area contributed by atoms with Crippen molar-refractivity contribution < 1.29 is 4.39 Å². The largest absolute Gasteiger partial charge is 0.369 e. The zero-order chi connectivity index (χ0) is 23.7. The van der Waals surface area contributed by atoms with Crippen molar-refractivity contribution in [3.8, 4) is 0 Å². The van der Waals surface area contributed by atoms with Crippen LogP contribution in [0, 0.1) is 12.7 Å². The van der Waals surface area contributed by atoms with Crippen LogP contribution in [0.2, 0.25) is 0 Å². The van der Waals surface area contributed by atoms with Crippen LogP contribution in [0.4, 0.5) is 21.5 Å². The fourth-order valence-corrected chi connectivity index (χ4v) is 4.50. The highest BCUT2D eigenvalue weighted by Gasteiger charge is 2.14. The second-order valence-corrected chi connectivity index (χ2v) is 9.06. The zero-order valence-corrected chi connectivity index (χ0v) is 19.6. The maximum absolute atomic E-state index is 13.8. The minimum Gasteiger partial charge on any atom is -0.369 e. The molecule has 3 aromatic carbocycles. The van der Waals surface area contributed by atoms with Crippen LogP contribution in [-0.2, 0) is 6.54 Å². The summed E-state index contributed by atoms with van der Waals surface area (Å²) < 4.78 is 15.5. The summed E-state index contributed by atoms with van der Waals surface area (Å²) in [6.45, 7) is 6.49. The van der Waals surface area contributed by atoms with Gasteiger partial charge in [0.1, 0.15) is 5.82 Å². The first kappa shape index (κ1) is 22.2. The molecule has 1 aliphatic rings. The maximum Gasteiger partial charge on any atom is 0.251 e. The summed E-state index contributed by atoms with van der Waals surface area (Å²) >= 11 is 0. The van der Waals surface area contributed by atoms with E-state index in [0.29, 0.717) is 6.54 Å². The fourth-order valence-electron chi connectivity index (χ4n) is 4.50. The lowest BCUT2D eigenvalue weighted by atomic mass is 10.1. The first-order chi connectivity index (χ1) is 16.5. The van der Waals surface area contributed by atoms with E-state index in [-0.39, 0.29) is 11.4 Å². The van der Waals surface area contributed by atoms with Crippen molar-refractivity contribution in [1.29, 1.82) is 0 Å². The Balaban J connectivity index is 1.41. The van der Waals surface area contributed by atoms with Gasteiger partial charge in [-0.25, -0.2) is 4.39 Å². The van der Waals surface area contributed by atoms with Crippen LogP contribution in [0.25, 0.3) is 10.9 Å². The van der Waals surface area contributed by atoms with Gasteiger partial charge in [-0.15, -0.1) is 0 Å². The molecule has 5 nitrogen and oxygen atoms in total. The minimum atomic E-state index is -0.295. The lowest BCUT2D eigenvalue weighted by Crippen LogP contribution is -2.44. The number of hydrogen-bond acceptors (Lipinski definition) is 4. The summed E-state index contributed by atoms with van der Waals surface area (Å²) in [7, 11) is 2.16. The number of rotatable bonds is 5. The molecule has 174 valence electrons. The van der Waals surface area contributed by atoms with Crippen LogP contribution < -0.4 is 15.8 Å². The third-order valence-electron chi connectivity index (χ3n) is 6.66. The van der Waals surface area contributed by atoms with Crippen LogP contribution in [0.15, 0.2) is 77.6 Å². The lowest BCUT2D eigenvalue weighted by Gasteiger charge is -2.34. The van der Waals surface area contributed by atoms with E-state index >= 15 is 0 Å². The number of hydrogen-bond donors (Lipinski definition) is 1. The summed E-state index contributed by atoms with van der Waals surface area (Å²) in [6, 6.07) is 22.6. The van der Waals surface area contributed by atoms with E-state index in [1.165, 1.54) is 17.8 Å². The van der Waals surface area contributed by atoms with Gasteiger partial charge >= 0.3 is 0 Å². The number of likely N-dealkylation sites (N-methyl/N-ethyl adjacent to an activating group) is 1. The summed E-state index contributed by atoms with van der Waals surface area (Å²) in [5.74, 6) is -0.295. The van der Waals surface area contributed by atoms with E-state index in [9.17, 15) is 9.18 Å². The molecule has 5 rings (SSSR count). The molecule has 2 heterocycles. The van der Waals surface area contributed by atoms with Crippen molar-refractivity contribution in [3.05, 3.63) is 100 Å². The van der Waals surface area contributed by atoms with Crippen LogP contribution in [0.5, 0.6) is 0 Å². The summed E-state index contributed by atoms with van der Waals surface area (Å²) in [4.78, 5) is 17.5. The molecule has 1 aromatic heterocycles. The molecule has 1 N–H and O–H groups in total. The number of fused-ring (bicyclic) bond motifs is 1. The van der Waals surface area contributed by atoms with E-state index in [4.69, 9.17) is 0 Å². The van der Waals surface area contributed by atoms with Gasteiger partial charge < -0.3 is 19.7 Å². The molecule has 0 aliphatic carbocycles. The Hall–Kier alpha value is -3.64. The Morgan fingerprint density at radius 3 is 2.32 bits per heavy atom. The summed E-state index contributed by atoms with van der Waals surface area (Å²) in [5.41, 5.74) is 5.59. The number of anilines is 3. The molecule has 0 radical (unpaired) electrons. The number of pyridine rings is 1. The standard InChI is InChI=1S/C28H29FN4O/c1-20-3-6-23(29)17-22(20)19-33-27-18-25(7-4-21(27)5-12-28(33)34)30-24-8-10-26(11-9-24)32-15-13-31(2)14-16-32/h3-12,17-18,30H,13-16,19H2,1-2H3. The monoisotopic (exact) mass is 456 g/mol. The van der Waals surface area contributed by atoms with Crippen molar-refractivity contribution >= 4 is 28.0 Å². The topological polar surface area (TPSA) is 40.5 Å². The van der Waals surface area contributed by atoms with E-state index in [0.717, 1.165) is 59.6 Å².